The van der Waals surface area contributed by atoms with E-state index in [1.165, 1.54) is 6.07 Å². The summed E-state index contributed by atoms with van der Waals surface area (Å²) >= 11 is 0. The number of anilines is 1. The van der Waals surface area contributed by atoms with Crippen LogP contribution < -0.4 is 10.6 Å². The molecule has 150 valence electrons. The number of rotatable bonds is 6. The van der Waals surface area contributed by atoms with Gasteiger partial charge >= 0.3 is 0 Å². The number of nitrogens with one attached hydrogen (secondary N) is 2. The lowest BCUT2D eigenvalue weighted by Crippen LogP contribution is -2.33. The number of nitrogens with zero attached hydrogens (tertiary/aromatic N) is 1. The molecule has 29 heavy (non-hydrogen) atoms. The van der Waals surface area contributed by atoms with Crippen molar-refractivity contribution in [3.63, 3.8) is 0 Å². The van der Waals surface area contributed by atoms with E-state index in [0.717, 1.165) is 23.2 Å². The van der Waals surface area contributed by atoms with E-state index in [1.54, 1.807) is 25.3 Å². The lowest BCUT2D eigenvalue weighted by molar-refractivity contribution is -0.384. The fourth-order valence-corrected chi connectivity index (χ4v) is 4.33. The van der Waals surface area contributed by atoms with Crippen molar-refractivity contribution >= 4 is 17.3 Å². The zero-order valence-electron chi connectivity index (χ0n) is 16.1. The molecule has 3 unspecified atom stereocenters. The van der Waals surface area contributed by atoms with Gasteiger partial charge in [-0.15, -0.1) is 0 Å². The van der Waals surface area contributed by atoms with Gasteiger partial charge in [0.25, 0.3) is 11.6 Å². The molecule has 0 radical (unpaired) electrons. The minimum absolute atomic E-state index is 0.0724. The average molecular weight is 393 g/mol. The number of nitro groups is 1. The first-order valence-corrected chi connectivity index (χ1v) is 9.67. The van der Waals surface area contributed by atoms with Gasteiger partial charge in [-0.25, -0.2) is 0 Å². The number of allylic oxidation sites excluding steroid dienone is 2. The number of ether oxygens (including phenoxy) is 1. The number of carbonyl (C=O) groups is 1. The Kier molecular flexibility index (Phi) is 5.31. The maximum absolute atomic E-state index is 12.8. The lowest BCUT2D eigenvalue weighted by atomic mass is 9.76. The summed E-state index contributed by atoms with van der Waals surface area (Å²) in [6.45, 7) is 0.872. The number of para-hydroxylation sites is 1. The van der Waals surface area contributed by atoms with Gasteiger partial charge in [0.05, 0.1) is 28.8 Å². The SMILES string of the molecule is COCCNC(=O)c1cccc2c1NC(c1cccc([N+](=O)[O-])c1)C1CC=CC21. The van der Waals surface area contributed by atoms with E-state index in [9.17, 15) is 14.9 Å². The van der Waals surface area contributed by atoms with Gasteiger partial charge in [0.15, 0.2) is 0 Å². The number of methoxy groups -OCH3 is 1. The van der Waals surface area contributed by atoms with Gasteiger partial charge in [0, 0.05) is 31.7 Å². The number of amides is 1. The number of fused-ring (bicyclic) bond motifs is 3. The first-order valence-electron chi connectivity index (χ1n) is 9.67. The topological polar surface area (TPSA) is 93.5 Å². The van der Waals surface area contributed by atoms with E-state index in [4.69, 9.17) is 4.74 Å². The Hall–Kier alpha value is -3.19. The fourth-order valence-electron chi connectivity index (χ4n) is 4.33. The lowest BCUT2D eigenvalue weighted by Gasteiger charge is -2.38. The van der Waals surface area contributed by atoms with Crippen molar-refractivity contribution in [1.29, 1.82) is 0 Å². The molecule has 4 rings (SSSR count). The van der Waals surface area contributed by atoms with E-state index in [-0.39, 0.29) is 34.4 Å². The molecule has 7 heteroatoms. The van der Waals surface area contributed by atoms with Gasteiger partial charge in [-0.1, -0.05) is 36.4 Å². The second kappa shape index (κ2) is 8.05. The summed E-state index contributed by atoms with van der Waals surface area (Å²) in [4.78, 5) is 23.6. The van der Waals surface area contributed by atoms with Gasteiger partial charge < -0.3 is 15.4 Å². The van der Waals surface area contributed by atoms with Gasteiger partial charge in [-0.05, 0) is 29.5 Å². The molecule has 2 N–H and O–H groups in total. The van der Waals surface area contributed by atoms with Crippen LogP contribution in [0.3, 0.4) is 0 Å². The number of benzene rings is 2. The molecule has 0 aromatic heterocycles. The average Bonchev–Trinajstić information content (AvgIpc) is 3.23. The molecular weight excluding hydrogens is 370 g/mol. The van der Waals surface area contributed by atoms with Crippen molar-refractivity contribution in [3.8, 4) is 0 Å². The van der Waals surface area contributed by atoms with E-state index >= 15 is 0 Å². The second-order valence-electron chi connectivity index (χ2n) is 7.35. The summed E-state index contributed by atoms with van der Waals surface area (Å²) in [6.07, 6.45) is 5.22. The van der Waals surface area contributed by atoms with Crippen LogP contribution in [0, 0.1) is 16.0 Å². The first kappa shape index (κ1) is 19.1. The third kappa shape index (κ3) is 3.61. The number of hydrogen-bond donors (Lipinski definition) is 2. The smallest absolute Gasteiger partial charge is 0.269 e. The van der Waals surface area contributed by atoms with Crippen LogP contribution in [-0.2, 0) is 4.74 Å². The summed E-state index contributed by atoms with van der Waals surface area (Å²) in [7, 11) is 1.59. The van der Waals surface area contributed by atoms with Crippen LogP contribution in [0.4, 0.5) is 11.4 Å². The molecule has 2 aromatic rings. The molecule has 1 amide bonds. The second-order valence-corrected chi connectivity index (χ2v) is 7.35. The molecule has 1 aliphatic heterocycles. The van der Waals surface area contributed by atoms with Gasteiger partial charge in [0.1, 0.15) is 0 Å². The highest BCUT2D eigenvalue weighted by atomic mass is 16.6. The van der Waals surface area contributed by atoms with Crippen molar-refractivity contribution in [2.75, 3.05) is 25.6 Å². The van der Waals surface area contributed by atoms with Crippen molar-refractivity contribution in [2.24, 2.45) is 5.92 Å². The Labute approximate surface area is 168 Å². The maximum atomic E-state index is 12.8. The molecule has 0 saturated carbocycles. The predicted molar refractivity (Wildman–Crippen MR) is 110 cm³/mol. The highest BCUT2D eigenvalue weighted by molar-refractivity contribution is 6.00. The summed E-state index contributed by atoms with van der Waals surface area (Å²) in [5.74, 6) is 0.253. The van der Waals surface area contributed by atoms with Crippen LogP contribution in [-0.4, -0.2) is 31.1 Å². The molecule has 7 nitrogen and oxygen atoms in total. The molecule has 0 spiro atoms. The molecule has 1 heterocycles. The third-order valence-electron chi connectivity index (χ3n) is 5.67. The van der Waals surface area contributed by atoms with Crippen molar-refractivity contribution in [1.82, 2.24) is 5.32 Å². The van der Waals surface area contributed by atoms with Crippen molar-refractivity contribution in [3.05, 3.63) is 81.4 Å². The molecule has 1 aliphatic carbocycles. The number of nitro benzene ring substituents is 1. The predicted octanol–water partition coefficient (Wildman–Crippen LogP) is 3.80. The minimum Gasteiger partial charge on any atom is -0.383 e. The summed E-state index contributed by atoms with van der Waals surface area (Å²) in [5.41, 5.74) is 3.39. The molecular formula is C22H23N3O4. The summed E-state index contributed by atoms with van der Waals surface area (Å²) < 4.78 is 5.01. The highest BCUT2D eigenvalue weighted by Gasteiger charge is 2.39. The minimum atomic E-state index is -0.376. The third-order valence-corrected chi connectivity index (χ3v) is 5.67. The van der Waals surface area contributed by atoms with Crippen LogP contribution >= 0.6 is 0 Å². The molecule has 0 bridgehead atoms. The Morgan fingerprint density at radius 1 is 1.31 bits per heavy atom. The van der Waals surface area contributed by atoms with Gasteiger partial charge in [0.2, 0.25) is 0 Å². The molecule has 3 atom stereocenters. The summed E-state index contributed by atoms with van der Waals surface area (Å²) in [6, 6.07) is 12.4. The van der Waals surface area contributed by atoms with Crippen molar-refractivity contribution in [2.45, 2.75) is 18.4 Å². The zero-order chi connectivity index (χ0) is 20.4. The molecule has 2 aliphatic rings. The highest BCUT2D eigenvalue weighted by Crippen LogP contribution is 2.50. The largest absolute Gasteiger partial charge is 0.383 e. The Morgan fingerprint density at radius 2 is 2.14 bits per heavy atom. The standard InChI is InChI=1S/C22H23N3O4/c1-29-12-11-23-22(26)19-10-4-9-18-16-7-3-8-17(16)20(24-21(18)19)14-5-2-6-15(13-14)25(27)28/h2-7,9-10,13,16-17,20,24H,8,11-12H2,1H3,(H,23,26). The number of carbonyl (C=O) groups excluding carboxylic acids is 1. The first-order chi connectivity index (χ1) is 14.1. The van der Waals surface area contributed by atoms with Crippen molar-refractivity contribution < 1.29 is 14.5 Å². The normalized spacial score (nSPS) is 21.8. The summed E-state index contributed by atoms with van der Waals surface area (Å²) in [5, 5.41) is 17.7. The van der Waals surface area contributed by atoms with Crippen LogP contribution in [0.1, 0.15) is 39.9 Å². The molecule has 0 saturated heterocycles. The fraction of sp³-hybridized carbons (Fsp3) is 0.318. The monoisotopic (exact) mass is 393 g/mol. The Balaban J connectivity index is 1.71. The van der Waals surface area contributed by atoms with Crippen LogP contribution in [0.15, 0.2) is 54.6 Å². The number of hydrogen-bond acceptors (Lipinski definition) is 5. The van der Waals surface area contributed by atoms with Gasteiger partial charge in [-0.3, -0.25) is 14.9 Å². The zero-order valence-corrected chi connectivity index (χ0v) is 16.1. The Morgan fingerprint density at radius 3 is 2.93 bits per heavy atom. The van der Waals surface area contributed by atoms with Gasteiger partial charge in [-0.2, -0.15) is 0 Å². The maximum Gasteiger partial charge on any atom is 0.269 e. The Bertz CT molecular complexity index is 972. The van der Waals surface area contributed by atoms with E-state index in [0.29, 0.717) is 18.7 Å². The molecule has 0 fully saturated rings. The van der Waals surface area contributed by atoms with E-state index < -0.39 is 0 Å². The number of non-ortho nitro benzene ring substituents is 1. The quantitative estimate of drug-likeness (QED) is 0.337. The van der Waals surface area contributed by atoms with Crippen LogP contribution in [0.25, 0.3) is 0 Å². The van der Waals surface area contributed by atoms with E-state index in [1.807, 2.05) is 18.2 Å². The molecule has 2 aromatic carbocycles. The van der Waals surface area contributed by atoms with Crippen LogP contribution in [0.2, 0.25) is 0 Å². The van der Waals surface area contributed by atoms with E-state index in [2.05, 4.69) is 22.8 Å². The van der Waals surface area contributed by atoms with Crippen LogP contribution in [0.5, 0.6) is 0 Å².